The van der Waals surface area contributed by atoms with E-state index in [1.807, 2.05) is 18.5 Å². The molecular weight excluding hydrogens is 486 g/mol. The van der Waals surface area contributed by atoms with Crippen LogP contribution in [-0.4, -0.2) is 15.0 Å². The molecule has 0 aliphatic heterocycles. The van der Waals surface area contributed by atoms with Gasteiger partial charge in [-0.1, -0.05) is 103 Å². The Labute approximate surface area is 231 Å². The molecule has 0 fully saturated rings. The molecule has 0 bridgehead atoms. The highest BCUT2D eigenvalue weighted by molar-refractivity contribution is 6.21. The lowest BCUT2D eigenvalue weighted by Gasteiger charge is -2.17. The molecule has 0 atom stereocenters. The van der Waals surface area contributed by atoms with Crippen molar-refractivity contribution in [3.63, 3.8) is 0 Å². The zero-order chi connectivity index (χ0) is 26.5. The van der Waals surface area contributed by atoms with Gasteiger partial charge in [0, 0.05) is 34.3 Å². The van der Waals surface area contributed by atoms with Gasteiger partial charge in [0.25, 0.3) is 0 Å². The molecule has 3 heteroatoms. The van der Waals surface area contributed by atoms with Gasteiger partial charge in [-0.2, -0.15) is 0 Å². The van der Waals surface area contributed by atoms with Crippen molar-refractivity contribution in [3.8, 4) is 33.6 Å². The number of fused-ring (bicyclic) bond motifs is 5. The summed E-state index contributed by atoms with van der Waals surface area (Å²) in [5.74, 6) is 0. The topological polar surface area (TPSA) is 38.7 Å². The fourth-order valence-corrected chi connectivity index (χ4v) is 5.90. The second kappa shape index (κ2) is 9.11. The predicted molar refractivity (Wildman–Crippen MR) is 166 cm³/mol. The first-order chi connectivity index (χ1) is 19.8. The highest BCUT2D eigenvalue weighted by Gasteiger charge is 2.17. The second-order valence-electron chi connectivity index (χ2n) is 10.0. The Morgan fingerprint density at radius 2 is 0.975 bits per heavy atom. The first-order valence-corrected chi connectivity index (χ1v) is 13.5. The molecule has 0 spiro atoms. The van der Waals surface area contributed by atoms with Crippen LogP contribution in [0.15, 0.2) is 140 Å². The van der Waals surface area contributed by atoms with E-state index in [2.05, 4.69) is 126 Å². The van der Waals surface area contributed by atoms with E-state index < -0.39 is 0 Å². The van der Waals surface area contributed by atoms with Crippen LogP contribution in [0.1, 0.15) is 0 Å². The highest BCUT2D eigenvalue weighted by atomic mass is 14.8. The van der Waals surface area contributed by atoms with Gasteiger partial charge < -0.3 is 0 Å². The summed E-state index contributed by atoms with van der Waals surface area (Å²) in [6.45, 7) is 0. The Bertz CT molecular complexity index is 2140. The van der Waals surface area contributed by atoms with Gasteiger partial charge in [-0.25, -0.2) is 4.98 Å². The maximum atomic E-state index is 5.02. The molecule has 40 heavy (non-hydrogen) atoms. The van der Waals surface area contributed by atoms with E-state index in [9.17, 15) is 0 Å². The average molecular weight is 510 g/mol. The summed E-state index contributed by atoms with van der Waals surface area (Å²) in [6, 6.07) is 44.6. The summed E-state index contributed by atoms with van der Waals surface area (Å²) in [6.07, 6.45) is 3.76. The van der Waals surface area contributed by atoms with Gasteiger partial charge in [0.05, 0.1) is 22.4 Å². The van der Waals surface area contributed by atoms with E-state index in [0.29, 0.717) is 0 Å². The molecule has 0 saturated heterocycles. The summed E-state index contributed by atoms with van der Waals surface area (Å²) in [5, 5.41) is 7.01. The Kier molecular flexibility index (Phi) is 5.14. The third kappa shape index (κ3) is 3.56. The minimum Gasteiger partial charge on any atom is -0.256 e. The standard InChI is InChI=1S/C37H23N3/c1-2-9-24(10-3-1)34-28-12-4-6-14-30(28)35(31-15-7-5-13-29(31)34)33-21-19-27(23-39-33)32-20-18-26-17-16-25-11-8-22-38-36(25)37(26)40-32/h1-23H. The van der Waals surface area contributed by atoms with Crippen LogP contribution in [0.25, 0.3) is 77.0 Å². The van der Waals surface area contributed by atoms with Crippen molar-refractivity contribution in [2.24, 2.45) is 0 Å². The Morgan fingerprint density at radius 3 is 1.65 bits per heavy atom. The molecule has 3 aromatic heterocycles. The van der Waals surface area contributed by atoms with Gasteiger partial charge in [0.1, 0.15) is 0 Å². The zero-order valence-electron chi connectivity index (χ0n) is 21.6. The van der Waals surface area contributed by atoms with Crippen LogP contribution < -0.4 is 0 Å². The number of rotatable bonds is 3. The Hall–Kier alpha value is -5.41. The van der Waals surface area contributed by atoms with Crippen molar-refractivity contribution in [3.05, 3.63) is 140 Å². The molecule has 3 heterocycles. The van der Waals surface area contributed by atoms with Gasteiger partial charge in [-0.3, -0.25) is 9.97 Å². The first kappa shape index (κ1) is 22.6. The summed E-state index contributed by atoms with van der Waals surface area (Å²) in [4.78, 5) is 14.6. The molecule has 0 unspecified atom stereocenters. The van der Waals surface area contributed by atoms with E-state index >= 15 is 0 Å². The Balaban J connectivity index is 1.31. The molecule has 0 aliphatic carbocycles. The summed E-state index contributed by atoms with van der Waals surface area (Å²) < 4.78 is 0. The highest BCUT2D eigenvalue weighted by Crippen LogP contribution is 2.43. The number of aromatic nitrogens is 3. The molecule has 0 N–H and O–H groups in total. The van der Waals surface area contributed by atoms with Crippen LogP contribution in [0, 0.1) is 0 Å². The molecule has 3 nitrogen and oxygen atoms in total. The minimum atomic E-state index is 0.888. The smallest absolute Gasteiger partial charge is 0.0972 e. The molecule has 0 amide bonds. The van der Waals surface area contributed by atoms with Crippen molar-refractivity contribution in [2.75, 3.05) is 0 Å². The van der Waals surface area contributed by atoms with Crippen LogP contribution in [0.5, 0.6) is 0 Å². The van der Waals surface area contributed by atoms with Crippen molar-refractivity contribution in [2.45, 2.75) is 0 Å². The van der Waals surface area contributed by atoms with Crippen molar-refractivity contribution >= 4 is 43.4 Å². The molecular formula is C37H23N3. The number of hydrogen-bond donors (Lipinski definition) is 0. The average Bonchev–Trinajstić information content (AvgIpc) is 3.04. The monoisotopic (exact) mass is 509 g/mol. The normalized spacial score (nSPS) is 11.5. The van der Waals surface area contributed by atoms with Crippen LogP contribution in [0.3, 0.4) is 0 Å². The fourth-order valence-electron chi connectivity index (χ4n) is 5.90. The van der Waals surface area contributed by atoms with E-state index in [1.54, 1.807) is 0 Å². The summed E-state index contributed by atoms with van der Waals surface area (Å²) >= 11 is 0. The molecule has 8 aromatic rings. The number of benzene rings is 5. The number of pyridine rings is 3. The maximum Gasteiger partial charge on any atom is 0.0972 e. The third-order valence-corrected chi connectivity index (χ3v) is 7.74. The van der Waals surface area contributed by atoms with E-state index in [0.717, 1.165) is 44.3 Å². The van der Waals surface area contributed by atoms with Gasteiger partial charge in [-0.05, 0) is 56.9 Å². The largest absolute Gasteiger partial charge is 0.256 e. The predicted octanol–water partition coefficient (Wildman–Crippen LogP) is 9.49. The molecule has 186 valence electrons. The molecule has 0 aliphatic rings. The molecule has 0 radical (unpaired) electrons. The Morgan fingerprint density at radius 1 is 0.375 bits per heavy atom. The van der Waals surface area contributed by atoms with Gasteiger partial charge in [-0.15, -0.1) is 0 Å². The molecule has 0 saturated carbocycles. The van der Waals surface area contributed by atoms with Gasteiger partial charge in [0.2, 0.25) is 0 Å². The van der Waals surface area contributed by atoms with Crippen molar-refractivity contribution < 1.29 is 0 Å². The van der Waals surface area contributed by atoms with Gasteiger partial charge >= 0.3 is 0 Å². The fraction of sp³-hybridized carbons (Fsp3) is 0. The first-order valence-electron chi connectivity index (χ1n) is 13.5. The van der Waals surface area contributed by atoms with Crippen LogP contribution >= 0.6 is 0 Å². The third-order valence-electron chi connectivity index (χ3n) is 7.74. The lowest BCUT2D eigenvalue weighted by molar-refractivity contribution is 1.31. The lowest BCUT2D eigenvalue weighted by atomic mass is 9.87. The molecule has 8 rings (SSSR count). The van der Waals surface area contributed by atoms with Crippen LogP contribution in [-0.2, 0) is 0 Å². The summed E-state index contributed by atoms with van der Waals surface area (Å²) in [7, 11) is 0. The van der Waals surface area contributed by atoms with E-state index in [-0.39, 0.29) is 0 Å². The maximum absolute atomic E-state index is 5.02. The van der Waals surface area contributed by atoms with E-state index in [1.165, 1.54) is 32.7 Å². The summed E-state index contributed by atoms with van der Waals surface area (Å²) in [5.41, 5.74) is 8.27. The van der Waals surface area contributed by atoms with Crippen molar-refractivity contribution in [1.82, 2.24) is 15.0 Å². The molecule has 5 aromatic carbocycles. The quantitative estimate of drug-likeness (QED) is 0.176. The van der Waals surface area contributed by atoms with Crippen LogP contribution in [0.2, 0.25) is 0 Å². The van der Waals surface area contributed by atoms with E-state index in [4.69, 9.17) is 9.97 Å². The van der Waals surface area contributed by atoms with Crippen LogP contribution in [0.4, 0.5) is 0 Å². The lowest BCUT2D eigenvalue weighted by Crippen LogP contribution is -1.93. The second-order valence-corrected chi connectivity index (χ2v) is 10.0. The SMILES string of the molecule is c1ccc(-c2c3ccccc3c(-c3ccc(-c4ccc5ccc6cccnc6c5n4)cn3)c3ccccc23)cc1. The minimum absolute atomic E-state index is 0.888. The number of nitrogens with zero attached hydrogens (tertiary/aromatic N) is 3. The van der Waals surface area contributed by atoms with Gasteiger partial charge in [0.15, 0.2) is 0 Å². The van der Waals surface area contributed by atoms with Crippen molar-refractivity contribution in [1.29, 1.82) is 0 Å². The zero-order valence-corrected chi connectivity index (χ0v) is 21.6. The number of hydrogen-bond acceptors (Lipinski definition) is 3.